The van der Waals surface area contributed by atoms with Crippen LogP contribution in [0.25, 0.3) is 0 Å². The third-order valence-electron chi connectivity index (χ3n) is 3.50. The minimum absolute atomic E-state index is 0.427. The Hall–Kier alpha value is -0.820. The molecule has 0 aliphatic carbocycles. The molecule has 1 unspecified atom stereocenters. The van der Waals surface area contributed by atoms with E-state index in [-0.39, 0.29) is 0 Å². The Labute approximate surface area is 97.7 Å². The Morgan fingerprint density at radius 3 is 2.65 bits per heavy atom. The van der Waals surface area contributed by atoms with Crippen LogP contribution in [0.3, 0.4) is 0 Å². The average Bonchev–Trinajstić information content (AvgIpc) is 2.39. The van der Waals surface area contributed by atoms with Crippen LogP contribution < -0.4 is 5.32 Å². The molecule has 1 atom stereocenters. The van der Waals surface area contributed by atoms with Crippen LogP contribution in [0.15, 0.2) is 0 Å². The summed E-state index contributed by atoms with van der Waals surface area (Å²) in [5.74, 6) is -0.431. The van der Waals surface area contributed by atoms with Gasteiger partial charge in [0.2, 0.25) is 5.91 Å². The molecule has 2 aliphatic heterocycles. The van der Waals surface area contributed by atoms with Crippen LogP contribution in [0, 0.1) is 0 Å². The summed E-state index contributed by atoms with van der Waals surface area (Å²) in [6.45, 7) is 3.89. The summed E-state index contributed by atoms with van der Waals surface area (Å²) in [7, 11) is 0. The van der Waals surface area contributed by atoms with E-state index in [0.717, 1.165) is 4.90 Å². The fourth-order valence-electron chi connectivity index (χ4n) is 2.64. The Morgan fingerprint density at radius 2 is 2.12 bits per heavy atom. The van der Waals surface area contributed by atoms with Crippen LogP contribution in [-0.4, -0.2) is 59.8 Å². The van der Waals surface area contributed by atoms with Crippen LogP contribution in [0.4, 0.5) is 13.2 Å². The summed E-state index contributed by atoms with van der Waals surface area (Å²) in [6, 6.07) is -0.457. The molecule has 0 bridgehead atoms. The highest BCUT2D eigenvalue weighted by molar-refractivity contribution is 5.85. The molecule has 1 N–H and O–H groups in total. The van der Waals surface area contributed by atoms with E-state index in [0.29, 0.717) is 19.6 Å². The van der Waals surface area contributed by atoms with E-state index >= 15 is 0 Å². The standard InChI is InChI=1S/C10H16F3N3O/c1-9(2)15-4-3-14-5-7(15)8(17)16(9)6-10(11,12)13/h7,14H,3-6H2,1-2H3. The van der Waals surface area contributed by atoms with Crippen LogP contribution in [-0.2, 0) is 4.79 Å². The predicted octanol–water partition coefficient (Wildman–Crippen LogP) is 0.401. The predicted molar refractivity (Wildman–Crippen MR) is 55.2 cm³/mol. The summed E-state index contributed by atoms with van der Waals surface area (Å²) < 4.78 is 37.4. The van der Waals surface area contributed by atoms with Crippen molar-refractivity contribution in [2.24, 2.45) is 0 Å². The number of alkyl halides is 3. The van der Waals surface area contributed by atoms with E-state index in [9.17, 15) is 18.0 Å². The fourth-order valence-corrected chi connectivity index (χ4v) is 2.64. The number of amides is 1. The van der Waals surface area contributed by atoms with Gasteiger partial charge < -0.3 is 10.2 Å². The van der Waals surface area contributed by atoms with E-state index in [1.807, 2.05) is 4.90 Å². The monoisotopic (exact) mass is 251 g/mol. The number of carbonyl (C=O) groups is 1. The second-order valence-electron chi connectivity index (χ2n) is 4.95. The number of nitrogens with zero attached hydrogens (tertiary/aromatic N) is 2. The summed E-state index contributed by atoms with van der Waals surface area (Å²) in [4.78, 5) is 14.8. The van der Waals surface area contributed by atoms with Crippen molar-refractivity contribution in [3.63, 3.8) is 0 Å². The number of hydrogen-bond donors (Lipinski definition) is 1. The van der Waals surface area contributed by atoms with E-state index in [1.165, 1.54) is 0 Å². The van der Waals surface area contributed by atoms with Gasteiger partial charge >= 0.3 is 6.18 Å². The van der Waals surface area contributed by atoms with Crippen molar-refractivity contribution < 1.29 is 18.0 Å². The normalized spacial score (nSPS) is 29.6. The highest BCUT2D eigenvalue weighted by Crippen LogP contribution is 2.34. The van der Waals surface area contributed by atoms with Gasteiger partial charge in [-0.1, -0.05) is 0 Å². The molecule has 0 saturated carbocycles. The number of carbonyl (C=O) groups excluding carboxylic acids is 1. The summed E-state index contributed by atoms with van der Waals surface area (Å²) >= 11 is 0. The Morgan fingerprint density at radius 1 is 1.47 bits per heavy atom. The zero-order valence-electron chi connectivity index (χ0n) is 9.84. The van der Waals surface area contributed by atoms with Gasteiger partial charge in [0.15, 0.2) is 0 Å². The molecule has 17 heavy (non-hydrogen) atoms. The first-order valence-electron chi connectivity index (χ1n) is 5.59. The zero-order chi connectivity index (χ0) is 12.8. The summed E-state index contributed by atoms with van der Waals surface area (Å²) in [5, 5.41) is 3.04. The van der Waals surface area contributed by atoms with Crippen molar-refractivity contribution in [3.05, 3.63) is 0 Å². The van der Waals surface area contributed by atoms with Crippen molar-refractivity contribution in [3.8, 4) is 0 Å². The molecular weight excluding hydrogens is 235 g/mol. The average molecular weight is 251 g/mol. The molecule has 98 valence electrons. The summed E-state index contributed by atoms with van der Waals surface area (Å²) in [6.07, 6.45) is -4.35. The maximum Gasteiger partial charge on any atom is 0.406 e. The maximum atomic E-state index is 12.5. The van der Waals surface area contributed by atoms with Crippen LogP contribution in [0.5, 0.6) is 0 Å². The first-order valence-corrected chi connectivity index (χ1v) is 5.59. The highest BCUT2D eigenvalue weighted by Gasteiger charge is 2.54. The number of rotatable bonds is 1. The molecule has 0 spiro atoms. The molecule has 2 saturated heterocycles. The molecule has 2 heterocycles. The number of hydrogen-bond acceptors (Lipinski definition) is 3. The molecule has 2 fully saturated rings. The molecule has 4 nitrogen and oxygen atoms in total. The second-order valence-corrected chi connectivity index (χ2v) is 4.95. The molecule has 0 aromatic heterocycles. The number of fused-ring (bicyclic) bond motifs is 1. The van der Waals surface area contributed by atoms with Crippen LogP contribution in [0.1, 0.15) is 13.8 Å². The Bertz CT molecular complexity index is 329. The van der Waals surface area contributed by atoms with Crippen molar-refractivity contribution >= 4 is 5.91 Å². The van der Waals surface area contributed by atoms with Gasteiger partial charge in [0.05, 0.1) is 5.66 Å². The molecule has 0 radical (unpaired) electrons. The minimum atomic E-state index is -4.35. The van der Waals surface area contributed by atoms with E-state index in [4.69, 9.17) is 0 Å². The van der Waals surface area contributed by atoms with Crippen molar-refractivity contribution in [2.45, 2.75) is 31.7 Å². The topological polar surface area (TPSA) is 35.6 Å². The maximum absolute atomic E-state index is 12.5. The van der Waals surface area contributed by atoms with Gasteiger partial charge in [-0.05, 0) is 13.8 Å². The number of halogens is 3. The van der Waals surface area contributed by atoms with Crippen LogP contribution >= 0.6 is 0 Å². The molecule has 1 amide bonds. The quantitative estimate of drug-likeness (QED) is 0.733. The Balaban J connectivity index is 2.24. The van der Waals surface area contributed by atoms with Crippen molar-refractivity contribution in [1.82, 2.24) is 15.1 Å². The smallest absolute Gasteiger partial charge is 0.314 e. The van der Waals surface area contributed by atoms with Crippen molar-refractivity contribution in [1.29, 1.82) is 0 Å². The lowest BCUT2D eigenvalue weighted by atomic mass is 10.1. The third kappa shape index (κ3) is 2.13. The lowest BCUT2D eigenvalue weighted by molar-refractivity contribution is -0.168. The second kappa shape index (κ2) is 3.84. The van der Waals surface area contributed by atoms with E-state index in [2.05, 4.69) is 5.32 Å². The zero-order valence-corrected chi connectivity index (χ0v) is 9.84. The third-order valence-corrected chi connectivity index (χ3v) is 3.50. The SMILES string of the molecule is CC1(C)N(CC(F)(F)F)C(=O)C2CNCCN21. The van der Waals surface area contributed by atoms with Gasteiger partial charge in [0.25, 0.3) is 0 Å². The molecule has 0 aromatic rings. The lowest BCUT2D eigenvalue weighted by Crippen LogP contribution is -2.57. The van der Waals surface area contributed by atoms with Gasteiger partial charge in [0, 0.05) is 19.6 Å². The van der Waals surface area contributed by atoms with Gasteiger partial charge in [-0.25, -0.2) is 0 Å². The number of nitrogens with one attached hydrogen (secondary N) is 1. The first-order chi connectivity index (χ1) is 7.73. The Kier molecular flexibility index (Phi) is 2.86. The van der Waals surface area contributed by atoms with E-state index in [1.54, 1.807) is 13.8 Å². The minimum Gasteiger partial charge on any atom is -0.314 e. The van der Waals surface area contributed by atoms with Gasteiger partial charge in [-0.3, -0.25) is 9.69 Å². The number of piperazine rings is 1. The van der Waals surface area contributed by atoms with Crippen molar-refractivity contribution in [2.75, 3.05) is 26.2 Å². The van der Waals surface area contributed by atoms with Gasteiger partial charge in [-0.15, -0.1) is 0 Å². The molecule has 2 aliphatic rings. The molecular formula is C10H16F3N3O. The highest BCUT2D eigenvalue weighted by atomic mass is 19.4. The van der Waals surface area contributed by atoms with E-state index < -0.39 is 30.3 Å². The van der Waals surface area contributed by atoms with Gasteiger partial charge in [0.1, 0.15) is 12.6 Å². The van der Waals surface area contributed by atoms with Gasteiger partial charge in [-0.2, -0.15) is 13.2 Å². The lowest BCUT2D eigenvalue weighted by Gasteiger charge is -2.40. The molecule has 2 rings (SSSR count). The van der Waals surface area contributed by atoms with Crippen LogP contribution in [0.2, 0.25) is 0 Å². The molecule has 0 aromatic carbocycles. The first kappa shape index (κ1) is 12.6. The largest absolute Gasteiger partial charge is 0.406 e. The summed E-state index contributed by atoms with van der Waals surface area (Å²) in [5.41, 5.74) is -0.862. The fraction of sp³-hybridized carbons (Fsp3) is 0.900. The molecule has 7 heteroatoms.